The van der Waals surface area contributed by atoms with Crippen LogP contribution in [-0.4, -0.2) is 32.8 Å². The molecule has 1 aliphatic heterocycles. The average molecular weight is 265 g/mol. The molecule has 1 saturated heterocycles. The number of aliphatic carboxylic acids is 1. The van der Waals surface area contributed by atoms with Crippen molar-refractivity contribution in [1.29, 1.82) is 0 Å². The zero-order chi connectivity index (χ0) is 14.4. The number of nitrogens with zero attached hydrogens (tertiary/aromatic N) is 2. The van der Waals surface area contributed by atoms with Crippen LogP contribution in [-0.2, 0) is 22.1 Å². The summed E-state index contributed by atoms with van der Waals surface area (Å²) in [7, 11) is 1.80. The van der Waals surface area contributed by atoms with E-state index in [4.69, 9.17) is 0 Å². The Morgan fingerprint density at radius 1 is 1.53 bits per heavy atom. The molecule has 2 N–H and O–H groups in total. The minimum Gasteiger partial charge on any atom is -0.480 e. The van der Waals surface area contributed by atoms with E-state index in [1.807, 2.05) is 27.0 Å². The first-order valence-electron chi connectivity index (χ1n) is 6.26. The SMILES string of the molecule is Cn1cc(C2CC(=O)NC2C(=O)O)c(C(C)(C)C)n1. The topological polar surface area (TPSA) is 84.2 Å². The molecule has 6 heteroatoms. The number of nitrogens with one attached hydrogen (secondary N) is 1. The van der Waals surface area contributed by atoms with Gasteiger partial charge in [-0.1, -0.05) is 20.8 Å². The van der Waals surface area contributed by atoms with Crippen molar-refractivity contribution in [1.82, 2.24) is 15.1 Å². The van der Waals surface area contributed by atoms with Crippen LogP contribution >= 0.6 is 0 Å². The number of carboxylic acid groups (broad SMARTS) is 1. The van der Waals surface area contributed by atoms with Gasteiger partial charge in [-0.2, -0.15) is 5.10 Å². The van der Waals surface area contributed by atoms with Crippen LogP contribution in [0, 0.1) is 0 Å². The van der Waals surface area contributed by atoms with Crippen LogP contribution in [0.25, 0.3) is 0 Å². The van der Waals surface area contributed by atoms with Gasteiger partial charge < -0.3 is 10.4 Å². The second-order valence-corrected chi connectivity index (χ2v) is 6.05. The van der Waals surface area contributed by atoms with E-state index < -0.39 is 12.0 Å². The summed E-state index contributed by atoms with van der Waals surface area (Å²) in [4.78, 5) is 22.8. The van der Waals surface area contributed by atoms with E-state index >= 15 is 0 Å². The maximum atomic E-state index is 11.5. The Balaban J connectivity index is 2.46. The van der Waals surface area contributed by atoms with Crippen LogP contribution in [0.1, 0.15) is 44.4 Å². The molecule has 104 valence electrons. The van der Waals surface area contributed by atoms with Crippen molar-refractivity contribution in [3.63, 3.8) is 0 Å². The number of aromatic nitrogens is 2. The van der Waals surface area contributed by atoms with Gasteiger partial charge in [-0.3, -0.25) is 9.48 Å². The Kier molecular flexibility index (Phi) is 3.12. The van der Waals surface area contributed by atoms with Crippen molar-refractivity contribution in [2.75, 3.05) is 0 Å². The summed E-state index contributed by atoms with van der Waals surface area (Å²) in [5, 5.41) is 16.2. The van der Waals surface area contributed by atoms with Gasteiger partial charge in [0.15, 0.2) is 0 Å². The molecular weight excluding hydrogens is 246 g/mol. The summed E-state index contributed by atoms with van der Waals surface area (Å²) in [6.07, 6.45) is 2.02. The molecule has 1 amide bonds. The highest BCUT2D eigenvalue weighted by molar-refractivity contribution is 5.89. The molecule has 2 rings (SSSR count). The third kappa shape index (κ3) is 2.47. The molecule has 2 heterocycles. The van der Waals surface area contributed by atoms with Crippen molar-refractivity contribution in [2.45, 2.75) is 44.6 Å². The van der Waals surface area contributed by atoms with E-state index in [0.29, 0.717) is 0 Å². The van der Waals surface area contributed by atoms with Gasteiger partial charge >= 0.3 is 5.97 Å². The third-order valence-corrected chi connectivity index (χ3v) is 3.36. The first-order valence-corrected chi connectivity index (χ1v) is 6.26. The number of carboxylic acids is 1. The molecule has 6 nitrogen and oxygen atoms in total. The highest BCUT2D eigenvalue weighted by atomic mass is 16.4. The lowest BCUT2D eigenvalue weighted by Gasteiger charge is -2.21. The molecule has 19 heavy (non-hydrogen) atoms. The standard InChI is InChI=1S/C13H19N3O3/c1-13(2,3)11-8(6-16(4)15-11)7-5-9(17)14-10(7)12(18)19/h6-7,10H,5H2,1-4H3,(H,14,17)(H,18,19). The molecule has 0 radical (unpaired) electrons. The van der Waals surface area contributed by atoms with Gasteiger partial charge in [-0.05, 0) is 0 Å². The summed E-state index contributed by atoms with van der Waals surface area (Å²) < 4.78 is 1.68. The zero-order valence-electron chi connectivity index (χ0n) is 11.6. The quantitative estimate of drug-likeness (QED) is 0.827. The molecule has 1 fully saturated rings. The lowest BCUT2D eigenvalue weighted by Crippen LogP contribution is -2.36. The maximum absolute atomic E-state index is 11.5. The highest BCUT2D eigenvalue weighted by Gasteiger charge is 2.41. The molecule has 2 unspecified atom stereocenters. The molecule has 1 aliphatic rings. The van der Waals surface area contributed by atoms with E-state index in [1.54, 1.807) is 11.7 Å². The normalized spacial score (nSPS) is 23.5. The van der Waals surface area contributed by atoms with E-state index in [-0.39, 0.29) is 23.7 Å². The van der Waals surface area contributed by atoms with Gasteiger partial charge in [0.25, 0.3) is 0 Å². The Bertz CT molecular complexity index is 528. The lowest BCUT2D eigenvalue weighted by molar-refractivity contribution is -0.140. The van der Waals surface area contributed by atoms with Crippen molar-refractivity contribution in [3.8, 4) is 0 Å². The zero-order valence-corrected chi connectivity index (χ0v) is 11.6. The monoisotopic (exact) mass is 265 g/mol. The Morgan fingerprint density at radius 3 is 2.68 bits per heavy atom. The molecular formula is C13H19N3O3. The van der Waals surface area contributed by atoms with Gasteiger partial charge in [0.1, 0.15) is 6.04 Å². The summed E-state index contributed by atoms with van der Waals surface area (Å²) in [5.74, 6) is -1.58. The van der Waals surface area contributed by atoms with Crippen molar-refractivity contribution < 1.29 is 14.7 Å². The molecule has 1 aromatic heterocycles. The minimum atomic E-state index is -1.00. The fraction of sp³-hybridized carbons (Fsp3) is 0.615. The summed E-state index contributed by atoms with van der Waals surface area (Å²) in [6, 6.07) is -0.863. The van der Waals surface area contributed by atoms with E-state index in [9.17, 15) is 14.7 Å². The molecule has 0 aromatic carbocycles. The second kappa shape index (κ2) is 4.36. The van der Waals surface area contributed by atoms with Gasteiger partial charge in [0.2, 0.25) is 5.91 Å². The second-order valence-electron chi connectivity index (χ2n) is 6.05. The van der Waals surface area contributed by atoms with Crippen molar-refractivity contribution in [3.05, 3.63) is 17.5 Å². The maximum Gasteiger partial charge on any atom is 0.326 e. The van der Waals surface area contributed by atoms with E-state index in [0.717, 1.165) is 11.3 Å². The number of carbonyl (C=O) groups excluding carboxylic acids is 1. The lowest BCUT2D eigenvalue weighted by atomic mass is 9.83. The summed E-state index contributed by atoms with van der Waals surface area (Å²) in [6.45, 7) is 6.08. The third-order valence-electron chi connectivity index (χ3n) is 3.36. The van der Waals surface area contributed by atoms with Crippen LogP contribution in [0.5, 0.6) is 0 Å². The van der Waals surface area contributed by atoms with E-state index in [2.05, 4.69) is 10.4 Å². The summed E-state index contributed by atoms with van der Waals surface area (Å²) in [5.41, 5.74) is 1.51. The fourth-order valence-electron chi connectivity index (χ4n) is 2.54. The molecule has 0 bridgehead atoms. The molecule has 2 atom stereocenters. The van der Waals surface area contributed by atoms with E-state index in [1.165, 1.54) is 0 Å². The largest absolute Gasteiger partial charge is 0.480 e. The number of hydrogen-bond acceptors (Lipinski definition) is 3. The average Bonchev–Trinajstić information content (AvgIpc) is 2.80. The van der Waals surface area contributed by atoms with Gasteiger partial charge in [-0.25, -0.2) is 4.79 Å². The first kappa shape index (κ1) is 13.6. The predicted octanol–water partition coefficient (Wildman–Crippen LogP) is 0.774. The Labute approximate surface area is 111 Å². The van der Waals surface area contributed by atoms with Crippen LogP contribution < -0.4 is 5.32 Å². The van der Waals surface area contributed by atoms with Crippen molar-refractivity contribution >= 4 is 11.9 Å². The first-order chi connectivity index (χ1) is 8.70. The predicted molar refractivity (Wildman–Crippen MR) is 68.8 cm³/mol. The minimum absolute atomic E-state index is 0.189. The fourth-order valence-corrected chi connectivity index (χ4v) is 2.54. The van der Waals surface area contributed by atoms with Crippen LogP contribution in [0.15, 0.2) is 6.20 Å². The molecule has 0 saturated carbocycles. The van der Waals surface area contributed by atoms with Crippen LogP contribution in [0.4, 0.5) is 0 Å². The molecule has 1 aromatic rings. The van der Waals surface area contributed by atoms with Gasteiger partial charge in [0, 0.05) is 36.6 Å². The smallest absolute Gasteiger partial charge is 0.326 e. The molecule has 0 spiro atoms. The number of amides is 1. The van der Waals surface area contributed by atoms with Crippen LogP contribution in [0.3, 0.4) is 0 Å². The number of rotatable bonds is 2. The Hall–Kier alpha value is -1.85. The van der Waals surface area contributed by atoms with Gasteiger partial charge in [0.05, 0.1) is 5.69 Å². The van der Waals surface area contributed by atoms with Crippen LogP contribution in [0.2, 0.25) is 0 Å². The van der Waals surface area contributed by atoms with Crippen molar-refractivity contribution in [2.24, 2.45) is 7.05 Å². The number of hydrogen-bond donors (Lipinski definition) is 2. The Morgan fingerprint density at radius 2 is 2.16 bits per heavy atom. The van der Waals surface area contributed by atoms with Gasteiger partial charge in [-0.15, -0.1) is 0 Å². The summed E-state index contributed by atoms with van der Waals surface area (Å²) >= 11 is 0. The number of carbonyl (C=O) groups is 2. The number of aryl methyl sites for hydroxylation is 1. The molecule has 0 aliphatic carbocycles. The highest BCUT2D eigenvalue weighted by Crippen LogP contribution is 2.35.